The number of hydrogen-bond acceptors (Lipinski definition) is 3. The molecule has 0 saturated heterocycles. The van der Waals surface area contributed by atoms with Crippen LogP contribution in [0.4, 0.5) is 0 Å². The van der Waals surface area contributed by atoms with Gasteiger partial charge in [0.05, 0.1) is 10.7 Å². The smallest absolute Gasteiger partial charge is 0.0982 e. The molecule has 1 aromatic heterocycles. The summed E-state index contributed by atoms with van der Waals surface area (Å²) in [5, 5.41) is 6.88. The number of hydrogen-bond donors (Lipinski definition) is 1. The Balaban J connectivity index is 1.91. The van der Waals surface area contributed by atoms with E-state index in [9.17, 15) is 0 Å². The van der Waals surface area contributed by atoms with E-state index in [0.29, 0.717) is 0 Å². The van der Waals surface area contributed by atoms with Gasteiger partial charge in [0.25, 0.3) is 0 Å². The summed E-state index contributed by atoms with van der Waals surface area (Å²) < 4.78 is 0. The molecule has 0 spiro atoms. The van der Waals surface area contributed by atoms with E-state index in [1.165, 1.54) is 16.1 Å². The first kappa shape index (κ1) is 15.2. The van der Waals surface area contributed by atoms with Crippen LogP contribution in [-0.4, -0.2) is 4.98 Å². The Kier molecular flexibility index (Phi) is 4.95. The molecule has 0 bridgehead atoms. The van der Waals surface area contributed by atoms with Crippen LogP contribution in [0.3, 0.4) is 0 Å². The Morgan fingerprint density at radius 1 is 1.10 bits per heavy atom. The molecule has 108 valence electrons. The van der Waals surface area contributed by atoms with Crippen molar-refractivity contribution in [3.63, 3.8) is 0 Å². The number of nitrogens with zero attached hydrogens (tertiary/aromatic N) is 1. The molecule has 2 rings (SSSR count). The van der Waals surface area contributed by atoms with Gasteiger partial charge in [0.15, 0.2) is 0 Å². The summed E-state index contributed by atoms with van der Waals surface area (Å²) in [5.41, 5.74) is 4.11. The summed E-state index contributed by atoms with van der Waals surface area (Å²) in [5.74, 6) is 0. The molecule has 0 unspecified atom stereocenters. The first-order chi connectivity index (χ1) is 9.50. The average Bonchev–Trinajstić information content (AvgIpc) is 2.88. The molecule has 1 aromatic carbocycles. The molecule has 2 aromatic rings. The number of nitrogens with one attached hydrogen (secondary N) is 1. The van der Waals surface area contributed by atoms with Gasteiger partial charge in [-0.25, -0.2) is 4.98 Å². The summed E-state index contributed by atoms with van der Waals surface area (Å²) in [6.07, 6.45) is 1.09. The van der Waals surface area contributed by atoms with E-state index in [1.54, 1.807) is 11.3 Å². The van der Waals surface area contributed by atoms with Crippen LogP contribution in [-0.2, 0) is 24.9 Å². The highest BCUT2D eigenvalue weighted by Gasteiger charge is 2.17. The monoisotopic (exact) mass is 288 g/mol. The van der Waals surface area contributed by atoms with Crippen LogP contribution in [0.5, 0.6) is 0 Å². The third-order valence-electron chi connectivity index (χ3n) is 3.31. The Morgan fingerprint density at radius 2 is 1.80 bits per heavy atom. The van der Waals surface area contributed by atoms with Crippen molar-refractivity contribution in [1.82, 2.24) is 10.3 Å². The van der Waals surface area contributed by atoms with E-state index < -0.39 is 0 Å². The second-order valence-corrected chi connectivity index (χ2v) is 6.98. The van der Waals surface area contributed by atoms with Crippen LogP contribution in [0.1, 0.15) is 49.5 Å². The number of benzene rings is 1. The Bertz CT molecular complexity index is 552. The Morgan fingerprint density at radius 3 is 2.40 bits per heavy atom. The van der Waals surface area contributed by atoms with Gasteiger partial charge >= 0.3 is 0 Å². The van der Waals surface area contributed by atoms with Crippen LogP contribution in [0.25, 0.3) is 0 Å². The molecule has 0 amide bonds. The summed E-state index contributed by atoms with van der Waals surface area (Å²) in [6.45, 7) is 10.6. The van der Waals surface area contributed by atoms with Crippen molar-refractivity contribution < 1.29 is 0 Å². The molecular formula is C17H24N2S. The highest BCUT2D eigenvalue weighted by atomic mass is 32.1. The van der Waals surface area contributed by atoms with Gasteiger partial charge in [-0.2, -0.15) is 0 Å². The molecule has 1 heterocycles. The molecule has 0 atom stereocenters. The maximum absolute atomic E-state index is 4.71. The van der Waals surface area contributed by atoms with Crippen molar-refractivity contribution in [2.45, 2.75) is 52.6 Å². The molecule has 0 aliphatic heterocycles. The van der Waals surface area contributed by atoms with Gasteiger partial charge in [0, 0.05) is 23.9 Å². The first-order valence-electron chi connectivity index (χ1n) is 7.23. The second kappa shape index (κ2) is 6.51. The minimum absolute atomic E-state index is 0.151. The summed E-state index contributed by atoms with van der Waals surface area (Å²) in [7, 11) is 0. The van der Waals surface area contributed by atoms with Crippen molar-refractivity contribution >= 4 is 11.3 Å². The fourth-order valence-corrected chi connectivity index (χ4v) is 3.04. The molecule has 0 radical (unpaired) electrons. The Labute approximate surface area is 126 Å². The third kappa shape index (κ3) is 3.90. The molecule has 0 saturated carbocycles. The molecule has 3 heteroatoms. The van der Waals surface area contributed by atoms with E-state index in [4.69, 9.17) is 4.98 Å². The normalized spacial score (nSPS) is 11.8. The van der Waals surface area contributed by atoms with Gasteiger partial charge in [-0.05, 0) is 17.5 Å². The lowest BCUT2D eigenvalue weighted by atomic mass is 9.98. The van der Waals surface area contributed by atoms with Crippen LogP contribution >= 0.6 is 11.3 Å². The highest BCUT2D eigenvalue weighted by molar-refractivity contribution is 7.09. The zero-order chi connectivity index (χ0) is 14.6. The summed E-state index contributed by atoms with van der Waals surface area (Å²) in [4.78, 5) is 4.71. The van der Waals surface area contributed by atoms with Gasteiger partial charge in [-0.3, -0.25) is 0 Å². The number of aryl methyl sites for hydroxylation is 1. The van der Waals surface area contributed by atoms with Gasteiger partial charge < -0.3 is 5.32 Å². The second-order valence-electron chi connectivity index (χ2n) is 6.12. The maximum atomic E-state index is 4.71. The van der Waals surface area contributed by atoms with E-state index >= 15 is 0 Å². The lowest BCUT2D eigenvalue weighted by molar-refractivity contribution is 0.579. The lowest BCUT2D eigenvalue weighted by Crippen LogP contribution is -2.15. The first-order valence-corrected chi connectivity index (χ1v) is 8.11. The van der Waals surface area contributed by atoms with Crippen molar-refractivity contribution in [1.29, 1.82) is 0 Å². The molecule has 2 nitrogen and oxygen atoms in total. The molecule has 0 fully saturated rings. The largest absolute Gasteiger partial charge is 0.307 e. The summed E-state index contributed by atoms with van der Waals surface area (Å²) in [6, 6.07) is 8.63. The minimum atomic E-state index is 0.151. The predicted octanol–water partition coefficient (Wildman–Crippen LogP) is 4.29. The van der Waals surface area contributed by atoms with Gasteiger partial charge in [0.2, 0.25) is 0 Å². The van der Waals surface area contributed by atoms with Gasteiger partial charge in [-0.1, -0.05) is 52.0 Å². The molecular weight excluding hydrogens is 264 g/mol. The van der Waals surface area contributed by atoms with Crippen molar-refractivity contribution in [3.8, 4) is 0 Å². The van der Waals surface area contributed by atoms with Crippen LogP contribution in [0.2, 0.25) is 0 Å². The van der Waals surface area contributed by atoms with E-state index in [-0.39, 0.29) is 5.41 Å². The van der Waals surface area contributed by atoms with E-state index in [1.807, 2.05) is 0 Å². The molecule has 0 aliphatic rings. The standard InChI is InChI=1S/C17H24N2S/c1-5-13-8-6-7-9-14(13)10-18-11-15-12-20-16(19-15)17(2,3)4/h6-9,12,18H,5,10-11H2,1-4H3. The van der Waals surface area contributed by atoms with Crippen LogP contribution in [0, 0.1) is 0 Å². The van der Waals surface area contributed by atoms with Crippen LogP contribution < -0.4 is 5.32 Å². The van der Waals surface area contributed by atoms with Gasteiger partial charge in [0.1, 0.15) is 0 Å². The van der Waals surface area contributed by atoms with Gasteiger partial charge in [-0.15, -0.1) is 11.3 Å². The molecule has 20 heavy (non-hydrogen) atoms. The number of aromatic nitrogens is 1. The SMILES string of the molecule is CCc1ccccc1CNCc1csc(C(C)(C)C)n1. The predicted molar refractivity (Wildman–Crippen MR) is 87.2 cm³/mol. The van der Waals surface area contributed by atoms with E-state index in [2.05, 4.69) is 62.7 Å². The fraction of sp³-hybridized carbons (Fsp3) is 0.471. The van der Waals surface area contributed by atoms with Crippen LogP contribution in [0.15, 0.2) is 29.6 Å². The fourth-order valence-electron chi connectivity index (χ4n) is 2.13. The zero-order valence-electron chi connectivity index (χ0n) is 12.9. The number of thiazole rings is 1. The quantitative estimate of drug-likeness (QED) is 0.887. The van der Waals surface area contributed by atoms with Crippen molar-refractivity contribution in [2.24, 2.45) is 0 Å². The highest BCUT2D eigenvalue weighted by Crippen LogP contribution is 2.25. The summed E-state index contributed by atoms with van der Waals surface area (Å²) >= 11 is 1.76. The van der Waals surface area contributed by atoms with Crippen molar-refractivity contribution in [2.75, 3.05) is 0 Å². The number of rotatable bonds is 5. The molecule has 1 N–H and O–H groups in total. The van der Waals surface area contributed by atoms with E-state index in [0.717, 1.165) is 25.2 Å². The lowest BCUT2D eigenvalue weighted by Gasteiger charge is -2.13. The maximum Gasteiger partial charge on any atom is 0.0982 e. The minimum Gasteiger partial charge on any atom is -0.307 e. The average molecular weight is 288 g/mol. The topological polar surface area (TPSA) is 24.9 Å². The van der Waals surface area contributed by atoms with Crippen molar-refractivity contribution in [3.05, 3.63) is 51.5 Å². The third-order valence-corrected chi connectivity index (χ3v) is 4.63. The Hall–Kier alpha value is -1.19. The molecule has 0 aliphatic carbocycles. The zero-order valence-corrected chi connectivity index (χ0v) is 13.7.